The zero-order chi connectivity index (χ0) is 54.2. The van der Waals surface area contributed by atoms with Gasteiger partial charge in [0.15, 0.2) is 11.9 Å². The number of anilines is 1. The fraction of sp³-hybridized carbons (Fsp3) is 0.596. The van der Waals surface area contributed by atoms with Gasteiger partial charge in [0, 0.05) is 25.0 Å². The molecule has 0 aromatic carbocycles. The van der Waals surface area contributed by atoms with E-state index in [0.29, 0.717) is 25.7 Å². The summed E-state index contributed by atoms with van der Waals surface area (Å²) in [7, 11) is -11.3. The molecule has 0 spiro atoms. The number of nitrogens with two attached hydrogens (primary N) is 1. The normalized spacial score (nSPS) is 28.9. The predicted octanol–water partition coefficient (Wildman–Crippen LogP) is 8.28. The van der Waals surface area contributed by atoms with Crippen LogP contribution in [0, 0.1) is 11.8 Å². The highest BCUT2D eigenvalue weighted by atomic mass is 31.3. The smallest absolute Gasteiger partial charge is 0.462 e. The van der Waals surface area contributed by atoms with Crippen molar-refractivity contribution >= 4 is 39.2 Å². The van der Waals surface area contributed by atoms with Crippen molar-refractivity contribution in [1.29, 1.82) is 0 Å². The van der Waals surface area contributed by atoms with Crippen LogP contribution in [0.25, 0.3) is 0 Å². The number of nitrogens with zero attached hydrogens (tertiary/aromatic N) is 2. The molecule has 10 atom stereocenters. The number of ketones is 1. The summed E-state index contributed by atoms with van der Waals surface area (Å²) in [6, 6.07) is 1.28. The molecule has 74 heavy (non-hydrogen) atoms. The van der Waals surface area contributed by atoms with Crippen molar-refractivity contribution in [2.24, 2.45) is 11.8 Å². The van der Waals surface area contributed by atoms with Gasteiger partial charge in [0.25, 0.3) is 0 Å². The zero-order valence-electron chi connectivity index (χ0n) is 42.7. The molecule has 3 rings (SSSR count). The number of nitrogen functional groups attached to an aromatic ring is 1. The highest BCUT2D eigenvalue weighted by Crippen LogP contribution is 2.60. The number of hydrogen-bond acceptors (Lipinski definition) is 17. The number of aromatic nitrogens is 2. The average molecular weight is 1080 g/mol. The predicted molar refractivity (Wildman–Crippen MR) is 279 cm³/mol. The van der Waals surface area contributed by atoms with Crippen LogP contribution in [0.5, 0.6) is 0 Å². The Balaban J connectivity index is 1.77. The van der Waals surface area contributed by atoms with E-state index in [-0.39, 0.29) is 31.5 Å². The Morgan fingerprint density at radius 3 is 2.24 bits per heavy atom. The second kappa shape index (κ2) is 35.8. The van der Waals surface area contributed by atoms with Crippen molar-refractivity contribution in [1.82, 2.24) is 9.55 Å². The maximum Gasteiger partial charge on any atom is 0.481 e. The van der Waals surface area contributed by atoms with Crippen LogP contribution in [0.3, 0.4) is 0 Å². The molecule has 0 saturated carbocycles. The lowest BCUT2D eigenvalue weighted by atomic mass is 9.88. The van der Waals surface area contributed by atoms with Gasteiger partial charge >= 0.3 is 33.3 Å². The van der Waals surface area contributed by atoms with E-state index in [4.69, 9.17) is 29.0 Å². The minimum atomic E-state index is -5.69. The van der Waals surface area contributed by atoms with Gasteiger partial charge in [-0.2, -0.15) is 9.29 Å². The Hall–Kier alpha value is -4.43. The largest absolute Gasteiger partial charge is 0.481 e. The lowest BCUT2D eigenvalue weighted by Gasteiger charge is -2.36. The number of hydrogen-bond donors (Lipinski definition) is 6. The molecule has 0 radical (unpaired) electrons. The van der Waals surface area contributed by atoms with E-state index in [1.807, 2.05) is 6.92 Å². The van der Waals surface area contributed by atoms with Gasteiger partial charge in [-0.1, -0.05) is 125 Å². The standard InChI is InChI=1S/C52H79N3O17P2/c1-3-5-7-8-9-10-11-12-13-14-15-16-17-18-19-20-26-30-48(59)70-42-37-67-47(58)29-25-22-21-24-27-40-31-34-44(57)43(33-32-41(56)28-23-6-4-2)49(60)50(61)45(39-69-74(65,66)72-73(63,64)68-38-42)71-51(40)55-36-35-46(53)54-52(55)62/h5,7,9-10,12-13,15-16,21,24,31-36,40-43,45,49-51,56,60-61H,3-4,6,8,11,14,17-20,22-23,25-30,37-39H2,1-2H3,(H,63,64)(H,65,66)(H2,53,54,62)/b7-5-,10-9-,13-12-,16-15-,24-21-,33-32+,34-31-/t40-,41-,42+,43-,45+,49-,50+,51+/m0/s1. The van der Waals surface area contributed by atoms with E-state index in [9.17, 15) is 53.4 Å². The van der Waals surface area contributed by atoms with Gasteiger partial charge < -0.3 is 45.1 Å². The molecule has 3 heterocycles. The molecule has 1 aromatic rings. The van der Waals surface area contributed by atoms with Crippen molar-refractivity contribution in [3.63, 3.8) is 0 Å². The molecule has 0 saturated heterocycles. The van der Waals surface area contributed by atoms with Crippen molar-refractivity contribution in [3.05, 3.63) is 108 Å². The van der Waals surface area contributed by atoms with E-state index in [2.05, 4.69) is 64.8 Å². The van der Waals surface area contributed by atoms with Crippen LogP contribution in [0.2, 0.25) is 0 Å². The average Bonchev–Trinajstić information content (AvgIpc) is 3.34. The second-order valence-corrected chi connectivity index (χ2v) is 21.0. The maximum atomic E-state index is 13.8. The van der Waals surface area contributed by atoms with E-state index >= 15 is 0 Å². The number of carbonyl (C=O) groups excluding carboxylic acids is 3. The Bertz CT molecular complexity index is 2230. The highest BCUT2D eigenvalue weighted by molar-refractivity contribution is 7.61. The first-order valence-electron chi connectivity index (χ1n) is 25.7. The topological polar surface area (TPSA) is 303 Å². The second-order valence-electron chi connectivity index (χ2n) is 17.9. The van der Waals surface area contributed by atoms with Crippen molar-refractivity contribution in [2.45, 2.75) is 166 Å². The molecule has 0 amide bonds. The quantitative estimate of drug-likeness (QED) is 0.0275. The number of unbranched alkanes of at least 4 members (excludes halogenated alkanes) is 6. The first kappa shape index (κ1) is 63.9. The number of rotatable bonds is 22. The lowest BCUT2D eigenvalue weighted by molar-refractivity contribution is -0.167. The third kappa shape index (κ3) is 26.4. The first-order chi connectivity index (χ1) is 35.4. The fourth-order valence-electron chi connectivity index (χ4n) is 7.63. The SMILES string of the molecule is CC/C=C\C/C=C\C/C=C\C/C=C\CCCCCCC(=O)O[C@@H]1COC(=O)CCC/C=C\C[C@H]2/C=C\C(=O)[C@H](/C=C/[C@@H](O)CCCCC)[C@H](O)[C@H](O)[C@@H](COP(=O)(O)OP(=O)(O)OC1)O[C@H]2n1ccc(N)nc1=O. The summed E-state index contributed by atoms with van der Waals surface area (Å²) in [6.07, 6.45) is 27.7. The molecule has 0 fully saturated rings. The van der Waals surface area contributed by atoms with Crippen LogP contribution in [0.15, 0.2) is 102 Å². The summed E-state index contributed by atoms with van der Waals surface area (Å²) in [5.74, 6) is -4.74. The Labute approximate surface area is 434 Å². The van der Waals surface area contributed by atoms with Gasteiger partial charge in [-0.25, -0.2) is 13.9 Å². The summed E-state index contributed by atoms with van der Waals surface area (Å²) in [5, 5.41) is 33.9. The molecule has 7 N–H and O–H groups in total. The van der Waals surface area contributed by atoms with Crippen molar-refractivity contribution in [2.75, 3.05) is 25.6 Å². The molecule has 2 bridgehead atoms. The Morgan fingerprint density at radius 1 is 0.878 bits per heavy atom. The van der Waals surface area contributed by atoms with Crippen LogP contribution in [0.4, 0.5) is 5.82 Å². The summed E-state index contributed by atoms with van der Waals surface area (Å²) in [6.45, 7) is 1.40. The minimum Gasteiger partial charge on any atom is -0.462 e. The Morgan fingerprint density at radius 2 is 1.55 bits per heavy atom. The number of aliphatic hydroxyl groups is 3. The number of phosphoric ester groups is 2. The summed E-state index contributed by atoms with van der Waals surface area (Å²) in [5.41, 5.74) is 4.83. The molecule has 414 valence electrons. The summed E-state index contributed by atoms with van der Waals surface area (Å²) >= 11 is 0. The van der Waals surface area contributed by atoms with Crippen LogP contribution in [-0.4, -0.2) is 103 Å². The van der Waals surface area contributed by atoms with Gasteiger partial charge in [0.1, 0.15) is 30.9 Å². The lowest BCUT2D eigenvalue weighted by Crippen LogP contribution is -2.49. The maximum absolute atomic E-state index is 13.8. The third-order valence-corrected chi connectivity index (χ3v) is 14.3. The van der Waals surface area contributed by atoms with E-state index in [1.54, 1.807) is 12.2 Å². The number of allylic oxidation sites excluding steroid dienone is 11. The number of ether oxygens (including phenoxy) is 3. The zero-order valence-corrected chi connectivity index (χ0v) is 44.5. The third-order valence-electron chi connectivity index (χ3n) is 11.7. The molecule has 2 aliphatic heterocycles. The molecule has 0 aliphatic carbocycles. The number of fused-ring (bicyclic) bond motifs is 3. The molecule has 2 unspecified atom stereocenters. The van der Waals surface area contributed by atoms with E-state index < -0.39 is 107 Å². The van der Waals surface area contributed by atoms with Gasteiger partial charge in [-0.05, 0) is 82.8 Å². The van der Waals surface area contributed by atoms with Crippen LogP contribution in [0.1, 0.15) is 136 Å². The van der Waals surface area contributed by atoms with Gasteiger partial charge in [0.05, 0.1) is 31.3 Å². The molecule has 2 aliphatic rings. The van der Waals surface area contributed by atoms with Crippen LogP contribution < -0.4 is 11.4 Å². The van der Waals surface area contributed by atoms with Crippen molar-refractivity contribution in [3.8, 4) is 0 Å². The van der Waals surface area contributed by atoms with E-state index in [0.717, 1.165) is 74.9 Å². The fourth-order valence-corrected chi connectivity index (χ4v) is 9.74. The molecular formula is C52H79N3O17P2. The van der Waals surface area contributed by atoms with Gasteiger partial charge in [0.2, 0.25) is 0 Å². The van der Waals surface area contributed by atoms with Crippen molar-refractivity contribution < 1.29 is 76.2 Å². The van der Waals surface area contributed by atoms with Crippen LogP contribution >= 0.6 is 15.6 Å². The Kier molecular flexibility index (Phi) is 30.9. The number of carbonyl (C=O) groups is 3. The van der Waals surface area contributed by atoms with Gasteiger partial charge in [-0.3, -0.25) is 28.0 Å². The summed E-state index contributed by atoms with van der Waals surface area (Å²) in [4.78, 5) is 78.0. The summed E-state index contributed by atoms with van der Waals surface area (Å²) < 4.78 is 59.1. The number of phosphoric acid groups is 2. The van der Waals surface area contributed by atoms with Crippen LogP contribution in [-0.2, 0) is 51.1 Å². The minimum absolute atomic E-state index is 0.0231. The molecule has 20 nitrogen and oxygen atoms in total. The molecule has 1 aromatic heterocycles. The monoisotopic (exact) mass is 1080 g/mol. The molecular weight excluding hydrogens is 1000 g/mol. The first-order valence-corrected chi connectivity index (χ1v) is 28.6. The van der Waals surface area contributed by atoms with E-state index in [1.165, 1.54) is 30.5 Å². The number of cyclic esters (lactones) is 1. The highest BCUT2D eigenvalue weighted by Gasteiger charge is 2.42. The number of aliphatic hydroxyl groups excluding tert-OH is 3. The van der Waals surface area contributed by atoms with Gasteiger partial charge in [-0.15, -0.1) is 0 Å². The number of esters is 2. The molecule has 22 heteroatoms.